The fourth-order valence-electron chi connectivity index (χ4n) is 2.34. The van der Waals surface area contributed by atoms with Crippen LogP contribution < -0.4 is 10.1 Å². The minimum absolute atomic E-state index is 0.305. The minimum Gasteiger partial charge on any atom is -0.482 e. The van der Waals surface area contributed by atoms with Crippen LogP contribution in [-0.2, 0) is 20.5 Å². The maximum atomic E-state index is 12.7. The molecule has 2 rings (SSSR count). The second-order valence-electron chi connectivity index (χ2n) is 6.25. The number of ether oxygens (including phenoxy) is 2. The molecule has 0 atom stereocenters. The number of hydrogen-bond acceptors (Lipinski definition) is 6. The maximum Gasteiger partial charge on any atom is 0.416 e. The molecule has 0 saturated heterocycles. The molecule has 160 valence electrons. The third kappa shape index (κ3) is 6.19. The number of alkyl halides is 3. The molecule has 30 heavy (non-hydrogen) atoms. The van der Waals surface area contributed by atoms with Crippen molar-refractivity contribution in [2.24, 2.45) is 0 Å². The van der Waals surface area contributed by atoms with Gasteiger partial charge in [0.2, 0.25) is 0 Å². The van der Waals surface area contributed by atoms with Gasteiger partial charge in [0.1, 0.15) is 11.4 Å². The molecular weight excluding hydrogens is 409 g/mol. The van der Waals surface area contributed by atoms with E-state index in [0.717, 1.165) is 17.2 Å². The van der Waals surface area contributed by atoms with Crippen LogP contribution in [0.1, 0.15) is 16.7 Å². The van der Waals surface area contributed by atoms with Crippen molar-refractivity contribution in [3.05, 3.63) is 63.2 Å². The lowest BCUT2D eigenvalue weighted by Gasteiger charge is -2.11. The van der Waals surface area contributed by atoms with Gasteiger partial charge < -0.3 is 14.8 Å². The van der Waals surface area contributed by atoms with Crippen molar-refractivity contribution in [1.29, 1.82) is 0 Å². The Bertz CT molecular complexity index is 975. The second kappa shape index (κ2) is 9.25. The van der Waals surface area contributed by atoms with Gasteiger partial charge in [0.15, 0.2) is 13.2 Å². The molecule has 1 N–H and O–H groups in total. The zero-order valence-corrected chi connectivity index (χ0v) is 15.9. The van der Waals surface area contributed by atoms with Crippen molar-refractivity contribution in [1.82, 2.24) is 0 Å². The predicted molar refractivity (Wildman–Crippen MR) is 99.1 cm³/mol. The number of nitro groups is 1. The first-order valence-corrected chi connectivity index (χ1v) is 8.48. The molecule has 0 aromatic heterocycles. The van der Waals surface area contributed by atoms with Crippen LogP contribution >= 0.6 is 0 Å². The van der Waals surface area contributed by atoms with Crippen molar-refractivity contribution in [3.63, 3.8) is 0 Å². The Kier molecular flexibility index (Phi) is 6.98. The minimum atomic E-state index is -4.78. The highest BCUT2D eigenvalue weighted by Gasteiger charge is 2.33. The Morgan fingerprint density at radius 1 is 1.10 bits per heavy atom. The molecular formula is C19H17F3N2O6. The van der Waals surface area contributed by atoms with E-state index in [1.54, 1.807) is 19.1 Å². The van der Waals surface area contributed by atoms with Gasteiger partial charge in [-0.2, -0.15) is 13.2 Å². The summed E-state index contributed by atoms with van der Waals surface area (Å²) in [4.78, 5) is 33.6. The van der Waals surface area contributed by atoms with E-state index in [0.29, 0.717) is 17.9 Å². The number of hydrogen-bond donors (Lipinski definition) is 1. The number of carbonyl (C=O) groups excluding carboxylic acids is 2. The molecule has 0 spiro atoms. The van der Waals surface area contributed by atoms with Crippen LogP contribution in [0.2, 0.25) is 0 Å². The van der Waals surface area contributed by atoms with Crippen LogP contribution in [0, 0.1) is 24.0 Å². The largest absolute Gasteiger partial charge is 0.482 e. The predicted octanol–water partition coefficient (Wildman–Crippen LogP) is 3.79. The van der Waals surface area contributed by atoms with Crippen LogP contribution in [0.5, 0.6) is 5.75 Å². The first-order chi connectivity index (χ1) is 14.0. The average molecular weight is 426 g/mol. The van der Waals surface area contributed by atoms with E-state index in [1.807, 2.05) is 13.0 Å². The number of halogens is 3. The van der Waals surface area contributed by atoms with E-state index >= 15 is 0 Å². The van der Waals surface area contributed by atoms with Gasteiger partial charge in [-0.05, 0) is 43.2 Å². The van der Waals surface area contributed by atoms with E-state index in [2.05, 4.69) is 5.32 Å². The number of anilines is 1. The lowest BCUT2D eigenvalue weighted by molar-refractivity contribution is -0.384. The van der Waals surface area contributed by atoms with Crippen molar-refractivity contribution >= 4 is 23.3 Å². The van der Waals surface area contributed by atoms with Gasteiger partial charge in [0.05, 0.1) is 10.5 Å². The van der Waals surface area contributed by atoms with Crippen molar-refractivity contribution in [3.8, 4) is 5.75 Å². The molecule has 0 saturated carbocycles. The summed E-state index contributed by atoms with van der Waals surface area (Å²) in [6.45, 7) is 2.35. The van der Waals surface area contributed by atoms with E-state index in [1.165, 1.54) is 0 Å². The van der Waals surface area contributed by atoms with Gasteiger partial charge in [-0.15, -0.1) is 0 Å². The summed E-state index contributed by atoms with van der Waals surface area (Å²) < 4.78 is 48.1. The van der Waals surface area contributed by atoms with E-state index in [-0.39, 0.29) is 0 Å². The Balaban J connectivity index is 1.93. The van der Waals surface area contributed by atoms with Crippen LogP contribution in [0.4, 0.5) is 24.5 Å². The van der Waals surface area contributed by atoms with Crippen LogP contribution in [-0.4, -0.2) is 30.0 Å². The van der Waals surface area contributed by atoms with Gasteiger partial charge in [0, 0.05) is 6.07 Å². The van der Waals surface area contributed by atoms with Crippen LogP contribution in [0.15, 0.2) is 36.4 Å². The molecule has 2 aromatic rings. The fraction of sp³-hybridized carbons (Fsp3) is 0.263. The number of rotatable bonds is 7. The molecule has 0 heterocycles. The van der Waals surface area contributed by atoms with E-state index < -0.39 is 53.1 Å². The molecule has 0 aliphatic heterocycles. The third-order valence-electron chi connectivity index (χ3n) is 3.85. The van der Waals surface area contributed by atoms with E-state index in [4.69, 9.17) is 9.47 Å². The van der Waals surface area contributed by atoms with Crippen LogP contribution in [0.25, 0.3) is 0 Å². The summed E-state index contributed by atoms with van der Waals surface area (Å²) in [5, 5.41) is 13.1. The van der Waals surface area contributed by atoms with E-state index in [9.17, 15) is 32.9 Å². The summed E-state index contributed by atoms with van der Waals surface area (Å²) in [6.07, 6.45) is -4.78. The molecule has 11 heteroatoms. The van der Waals surface area contributed by atoms with Gasteiger partial charge in [0.25, 0.3) is 11.6 Å². The Morgan fingerprint density at radius 3 is 2.43 bits per heavy atom. The first kappa shape index (κ1) is 22.7. The molecule has 0 aliphatic carbocycles. The molecule has 0 radical (unpaired) electrons. The van der Waals surface area contributed by atoms with Gasteiger partial charge in [-0.1, -0.05) is 12.1 Å². The zero-order chi connectivity index (χ0) is 22.5. The van der Waals surface area contributed by atoms with Gasteiger partial charge >= 0.3 is 12.1 Å². The fourth-order valence-corrected chi connectivity index (χ4v) is 2.34. The zero-order valence-electron chi connectivity index (χ0n) is 15.9. The summed E-state index contributed by atoms with van der Waals surface area (Å²) in [5.74, 6) is -1.36. The molecule has 0 bridgehead atoms. The maximum absolute atomic E-state index is 12.7. The number of carbonyl (C=O) groups is 2. The number of esters is 1. The highest BCUT2D eigenvalue weighted by molar-refractivity contribution is 5.95. The topological polar surface area (TPSA) is 108 Å². The lowest BCUT2D eigenvalue weighted by Crippen LogP contribution is -2.24. The quantitative estimate of drug-likeness (QED) is 0.410. The van der Waals surface area contributed by atoms with Crippen molar-refractivity contribution in [2.75, 3.05) is 18.5 Å². The molecule has 0 fully saturated rings. The molecule has 8 nitrogen and oxygen atoms in total. The van der Waals surface area contributed by atoms with Crippen molar-refractivity contribution in [2.45, 2.75) is 20.0 Å². The highest BCUT2D eigenvalue weighted by Crippen LogP contribution is 2.34. The number of amides is 1. The van der Waals surface area contributed by atoms with Gasteiger partial charge in [-0.25, -0.2) is 4.79 Å². The SMILES string of the molecule is Cc1ccc(C)c(OCC(=O)OCC(=O)Nc2ccc(C(F)(F)F)cc2[N+](=O)[O-])c1. The second-order valence-corrected chi connectivity index (χ2v) is 6.25. The number of aryl methyl sites for hydroxylation is 2. The first-order valence-electron chi connectivity index (χ1n) is 8.48. The smallest absolute Gasteiger partial charge is 0.416 e. The third-order valence-corrected chi connectivity index (χ3v) is 3.85. The normalized spacial score (nSPS) is 11.0. The van der Waals surface area contributed by atoms with Crippen molar-refractivity contribution < 1.29 is 37.2 Å². The summed E-state index contributed by atoms with van der Waals surface area (Å²) in [6, 6.07) is 7.04. The standard InChI is InChI=1S/C19H17F3N2O6/c1-11-3-4-12(2)16(7-11)29-10-18(26)30-9-17(25)23-14-6-5-13(19(20,21)22)8-15(14)24(27)28/h3-8H,9-10H2,1-2H3,(H,23,25). The van der Waals surface area contributed by atoms with Gasteiger partial charge in [-0.3, -0.25) is 14.9 Å². The number of nitro benzene ring substituents is 1. The number of benzene rings is 2. The Labute approximate surface area is 168 Å². The summed E-state index contributed by atoms with van der Waals surface area (Å²) in [7, 11) is 0. The monoisotopic (exact) mass is 426 g/mol. The molecule has 0 unspecified atom stereocenters. The Morgan fingerprint density at radius 2 is 1.80 bits per heavy atom. The average Bonchev–Trinajstić information content (AvgIpc) is 2.66. The van der Waals surface area contributed by atoms with Crippen LogP contribution in [0.3, 0.4) is 0 Å². The lowest BCUT2D eigenvalue weighted by atomic mass is 10.1. The summed E-state index contributed by atoms with van der Waals surface area (Å²) in [5.41, 5.74) is -0.923. The highest BCUT2D eigenvalue weighted by atomic mass is 19.4. The summed E-state index contributed by atoms with van der Waals surface area (Å²) >= 11 is 0. The number of nitrogens with one attached hydrogen (secondary N) is 1. The molecule has 2 aromatic carbocycles. The molecule has 0 aliphatic rings. The Hall–Kier alpha value is -3.63. The molecule has 1 amide bonds. The number of nitrogens with zero attached hydrogens (tertiary/aromatic N) is 1.